The summed E-state index contributed by atoms with van der Waals surface area (Å²) in [5.74, 6) is 0. The molecule has 0 aliphatic rings. The summed E-state index contributed by atoms with van der Waals surface area (Å²) < 4.78 is 6.49. The van der Waals surface area contributed by atoms with Gasteiger partial charge in [0.05, 0.1) is 0 Å². The van der Waals surface area contributed by atoms with Crippen LogP contribution in [0.5, 0.6) is 0 Å². The molecule has 0 spiro atoms. The largest absolute Gasteiger partial charge is 0.456 e. The van der Waals surface area contributed by atoms with Gasteiger partial charge in [-0.05, 0) is 81.9 Å². The lowest BCUT2D eigenvalue weighted by molar-refractivity contribution is 0.676. The van der Waals surface area contributed by atoms with E-state index in [9.17, 15) is 0 Å². The lowest BCUT2D eigenvalue weighted by Gasteiger charge is -2.33. The highest BCUT2D eigenvalue weighted by molar-refractivity contribution is 6.79. The van der Waals surface area contributed by atoms with Crippen LogP contribution in [0.2, 0.25) is 0 Å². The molecule has 0 amide bonds. The molecule has 0 atom stereocenters. The third-order valence-corrected chi connectivity index (χ3v) is 16.0. The summed E-state index contributed by atoms with van der Waals surface area (Å²) in [5, 5.41) is 0.554. The van der Waals surface area contributed by atoms with Crippen molar-refractivity contribution in [3.05, 3.63) is 0 Å². The third-order valence-electron chi connectivity index (χ3n) is 16.0. The summed E-state index contributed by atoms with van der Waals surface area (Å²) in [7, 11) is 205. The molecule has 10 aromatic carbocycles. The minimum Gasteiger partial charge on any atom is -0.456 e. The first-order valence-electron chi connectivity index (χ1n) is 23.8. The van der Waals surface area contributed by atoms with E-state index >= 15 is 0 Å². The molecule has 0 fully saturated rings. The highest BCUT2D eigenvalue weighted by Crippen LogP contribution is 2.40. The van der Waals surface area contributed by atoms with Crippen molar-refractivity contribution in [3.8, 4) is 33.4 Å². The van der Waals surface area contributed by atoms with Crippen molar-refractivity contribution in [2.24, 2.45) is 0 Å². The Morgan fingerprint density at radius 2 is 0.296 bits per heavy atom. The number of fused-ring (bicyclic) bond motifs is 10. The van der Waals surface area contributed by atoms with Crippen LogP contribution in [0.15, 0.2) is 4.42 Å². The van der Waals surface area contributed by atoms with Crippen LogP contribution >= 0.6 is 0 Å². The Bertz CT molecular complexity index is 4820. The second-order valence-corrected chi connectivity index (χ2v) is 19.9. The van der Waals surface area contributed by atoms with Crippen LogP contribution in [0.4, 0.5) is 0 Å². The van der Waals surface area contributed by atoms with Gasteiger partial charge in [-0.2, -0.15) is 0 Å². The zero-order valence-electron chi connectivity index (χ0n) is 42.7. The molecule has 0 aliphatic heterocycles. The van der Waals surface area contributed by atoms with Gasteiger partial charge in [0, 0.05) is 16.2 Å². The lowest BCUT2D eigenvalue weighted by Crippen LogP contribution is -2.52. The molecular formula is C50B30O. The molecule has 31 heteroatoms. The van der Waals surface area contributed by atoms with Gasteiger partial charge in [-0.3, -0.25) is 0 Å². The van der Waals surface area contributed by atoms with Crippen molar-refractivity contribution in [2.45, 2.75) is 0 Å². The van der Waals surface area contributed by atoms with Crippen molar-refractivity contribution < 1.29 is 4.42 Å². The normalized spacial score (nSPS) is 12.0. The number of rotatable bonds is 3. The van der Waals surface area contributed by atoms with Crippen LogP contribution in [-0.2, 0) is 0 Å². The maximum atomic E-state index is 7.39. The van der Waals surface area contributed by atoms with E-state index in [4.69, 9.17) is 240 Å². The highest BCUT2D eigenvalue weighted by Gasteiger charge is 2.32. The number of furan rings is 1. The molecule has 1 heterocycles. The number of benzene rings is 10. The molecule has 11 rings (SSSR count). The first-order chi connectivity index (χ1) is 37.8. The van der Waals surface area contributed by atoms with Gasteiger partial charge >= 0.3 is 0 Å². The molecule has 11 aromatic rings. The van der Waals surface area contributed by atoms with E-state index in [2.05, 4.69) is 0 Å². The quantitative estimate of drug-likeness (QED) is 0.0977. The standard InChI is InChI=1S/C50B30O/c51-19-9(7-8(26(58)43(75)42(74)25(7)57)10-13(19)33(65)45(77)44(76)27(10)59)14-30(62)28(60)12(29(61)31(14)63)2-5-3(21(53)38(70)40(72)23(5)55)1(4-6(2)24(56)41(73)39(71)22(4)54)11-20(52)17-18-36(68)32(64)15-16(37(69)47(79)46(78)34(15)66)49(18)81-50(17)48(80)35(11)67. The smallest absolute Gasteiger partial charge is 0.141 e. The van der Waals surface area contributed by atoms with Gasteiger partial charge in [0.2, 0.25) is 0 Å². The summed E-state index contributed by atoms with van der Waals surface area (Å²) in [4.78, 5) is 0. The number of hydrogen-bond donors (Lipinski definition) is 0. The van der Waals surface area contributed by atoms with E-state index in [0.717, 1.165) is 0 Å². The van der Waals surface area contributed by atoms with Crippen LogP contribution in [-0.4, -0.2) is 235 Å². The first kappa shape index (κ1) is 58.0. The van der Waals surface area contributed by atoms with Crippen LogP contribution in [0.1, 0.15) is 0 Å². The molecule has 0 saturated heterocycles. The van der Waals surface area contributed by atoms with Gasteiger partial charge in [-0.1, -0.05) is 109 Å². The van der Waals surface area contributed by atoms with E-state index in [1.807, 2.05) is 0 Å². The minimum absolute atomic E-state index is 0.00682. The summed E-state index contributed by atoms with van der Waals surface area (Å²) in [6.45, 7) is 0. The summed E-state index contributed by atoms with van der Waals surface area (Å²) >= 11 is 0. The van der Waals surface area contributed by atoms with E-state index in [1.165, 1.54) is 0 Å². The second-order valence-electron chi connectivity index (χ2n) is 19.9. The van der Waals surface area contributed by atoms with Gasteiger partial charge in [-0.25, -0.2) is 0 Å². The Labute approximate surface area is 509 Å². The van der Waals surface area contributed by atoms with E-state index in [0.29, 0.717) is 0 Å². The van der Waals surface area contributed by atoms with Gasteiger partial charge in [0.1, 0.15) is 247 Å². The zero-order chi connectivity index (χ0) is 59.6. The molecular weight excluding hydrogens is 941 g/mol. The molecule has 1 aromatic heterocycles. The molecule has 0 bridgehead atoms. The Kier molecular flexibility index (Phi) is 13.9. The van der Waals surface area contributed by atoms with E-state index < -0.39 is 0 Å². The Morgan fingerprint density at radius 1 is 0.111 bits per heavy atom. The topological polar surface area (TPSA) is 13.1 Å². The van der Waals surface area contributed by atoms with Gasteiger partial charge in [0.25, 0.3) is 0 Å². The van der Waals surface area contributed by atoms with E-state index in [-0.39, 0.29) is 273 Å². The SMILES string of the molecule is [B]c1c([B])c(-c2c([B])c3c([B])c([B])c([B])c([B])c3c3c([B])c([B])c([B])c([B])c23)c([B])c([B])c1-c1c2c([B])c([B])c([B])c([B])c2c(-c2c([B])c([B])c3oc4c5c([B])c([B])c([B])c([B])c5c([B])c([B])c4c3c2[B])c2c([B])c([B])c([B])c([B])c12. The fourth-order valence-corrected chi connectivity index (χ4v) is 11.8. The fourth-order valence-electron chi connectivity index (χ4n) is 11.8. The fraction of sp³-hybridized carbons (Fsp3) is 0. The van der Waals surface area contributed by atoms with Crippen molar-refractivity contribution >= 4 is 475 Å². The molecule has 0 N–H and O–H groups in total. The van der Waals surface area contributed by atoms with Crippen molar-refractivity contribution in [2.75, 3.05) is 0 Å². The predicted octanol–water partition coefficient (Wildman–Crippen LogP) is -21.8. The van der Waals surface area contributed by atoms with Crippen molar-refractivity contribution in [1.82, 2.24) is 0 Å². The monoisotopic (exact) mass is 946 g/mol. The molecule has 0 aliphatic carbocycles. The van der Waals surface area contributed by atoms with Gasteiger partial charge in [-0.15, -0.1) is 54.6 Å². The first-order valence-corrected chi connectivity index (χ1v) is 23.8. The average molecular weight is 941 g/mol. The average Bonchev–Trinajstić information content (AvgIpc) is 2.55. The lowest BCUT2D eigenvalue weighted by atomic mass is 9.55. The number of hydrogen-bond acceptors (Lipinski definition) is 1. The summed E-state index contributed by atoms with van der Waals surface area (Å²) in [6.07, 6.45) is 0. The molecule has 1 nitrogen and oxygen atoms in total. The second kappa shape index (κ2) is 19.4. The zero-order valence-corrected chi connectivity index (χ0v) is 42.7. The van der Waals surface area contributed by atoms with E-state index in [1.54, 1.807) is 0 Å². The van der Waals surface area contributed by atoms with Crippen LogP contribution in [0, 0.1) is 0 Å². The van der Waals surface area contributed by atoms with Crippen molar-refractivity contribution in [1.29, 1.82) is 0 Å². The Balaban J connectivity index is 1.37. The minimum atomic E-state index is -0.308. The molecule has 296 valence electrons. The van der Waals surface area contributed by atoms with Crippen LogP contribution < -0.4 is 164 Å². The van der Waals surface area contributed by atoms with Crippen LogP contribution in [0.3, 0.4) is 0 Å². The summed E-state index contributed by atoms with van der Waals surface area (Å²) in [6, 6.07) is 0. The Hall–Kier alpha value is -4.75. The molecule has 60 radical (unpaired) electrons. The third kappa shape index (κ3) is 7.30. The Morgan fingerprint density at radius 3 is 0.654 bits per heavy atom. The maximum absolute atomic E-state index is 7.39. The van der Waals surface area contributed by atoms with Gasteiger partial charge in [0.15, 0.2) is 0 Å². The predicted molar refractivity (Wildman–Crippen MR) is 379 cm³/mol. The van der Waals surface area contributed by atoms with Crippen molar-refractivity contribution in [3.63, 3.8) is 0 Å². The molecule has 0 unspecified atom stereocenters. The summed E-state index contributed by atoms with van der Waals surface area (Å²) in [5.41, 5.74) is -5.50. The molecule has 81 heavy (non-hydrogen) atoms. The highest BCUT2D eigenvalue weighted by atomic mass is 16.3. The van der Waals surface area contributed by atoms with Gasteiger partial charge < -0.3 is 4.42 Å². The molecule has 0 saturated carbocycles. The van der Waals surface area contributed by atoms with Crippen LogP contribution in [0.25, 0.3) is 109 Å². The maximum Gasteiger partial charge on any atom is 0.141 e.